The Morgan fingerprint density at radius 3 is 2.57 bits per heavy atom. The second-order valence-electron chi connectivity index (χ2n) is 5.43. The van der Waals surface area contributed by atoms with Crippen LogP contribution in [0.25, 0.3) is 0 Å². The summed E-state index contributed by atoms with van der Waals surface area (Å²) in [4.78, 5) is 22.8. The van der Waals surface area contributed by atoms with Gasteiger partial charge in [0, 0.05) is 19.1 Å². The SMILES string of the molecule is O=C(O)c1ccc(C(=O)NC[C@H]2CCO[C@@H]2c2ccccc2)o1. The number of rotatable bonds is 5. The lowest BCUT2D eigenvalue weighted by molar-refractivity contribution is 0.0659. The molecule has 6 heteroatoms. The Hall–Kier alpha value is -2.60. The van der Waals surface area contributed by atoms with Crippen molar-refractivity contribution in [1.29, 1.82) is 0 Å². The number of carboxylic acid groups (broad SMARTS) is 1. The third-order valence-electron chi connectivity index (χ3n) is 3.91. The van der Waals surface area contributed by atoms with E-state index in [0.717, 1.165) is 12.0 Å². The highest BCUT2D eigenvalue weighted by atomic mass is 16.5. The summed E-state index contributed by atoms with van der Waals surface area (Å²) in [6, 6.07) is 12.5. The van der Waals surface area contributed by atoms with Crippen LogP contribution in [0.4, 0.5) is 0 Å². The Morgan fingerprint density at radius 2 is 1.87 bits per heavy atom. The summed E-state index contributed by atoms with van der Waals surface area (Å²) in [5.41, 5.74) is 1.09. The Morgan fingerprint density at radius 1 is 1.13 bits per heavy atom. The molecule has 3 rings (SSSR count). The van der Waals surface area contributed by atoms with E-state index in [1.54, 1.807) is 0 Å². The highest BCUT2D eigenvalue weighted by molar-refractivity contribution is 5.93. The molecule has 1 amide bonds. The van der Waals surface area contributed by atoms with Gasteiger partial charge in [-0.05, 0) is 24.1 Å². The summed E-state index contributed by atoms with van der Waals surface area (Å²) in [6.45, 7) is 1.10. The van der Waals surface area contributed by atoms with E-state index in [1.165, 1.54) is 12.1 Å². The minimum absolute atomic E-state index is 0.00224. The number of hydrogen-bond donors (Lipinski definition) is 2. The maximum Gasteiger partial charge on any atom is 0.371 e. The molecule has 1 saturated heterocycles. The molecule has 1 aliphatic rings. The summed E-state index contributed by atoms with van der Waals surface area (Å²) in [7, 11) is 0. The first-order chi connectivity index (χ1) is 11.1. The van der Waals surface area contributed by atoms with Crippen LogP contribution in [0, 0.1) is 5.92 Å². The maximum absolute atomic E-state index is 12.0. The van der Waals surface area contributed by atoms with E-state index >= 15 is 0 Å². The molecule has 0 aliphatic carbocycles. The quantitative estimate of drug-likeness (QED) is 0.885. The van der Waals surface area contributed by atoms with Crippen LogP contribution in [0.1, 0.15) is 39.2 Å². The van der Waals surface area contributed by atoms with Gasteiger partial charge in [0.05, 0.1) is 6.10 Å². The van der Waals surface area contributed by atoms with E-state index in [1.807, 2.05) is 30.3 Å². The number of carbonyl (C=O) groups is 2. The molecule has 120 valence electrons. The molecule has 6 nitrogen and oxygen atoms in total. The largest absolute Gasteiger partial charge is 0.475 e. The molecule has 1 aromatic heterocycles. The van der Waals surface area contributed by atoms with Gasteiger partial charge < -0.3 is 19.6 Å². The number of aromatic carboxylic acids is 1. The van der Waals surface area contributed by atoms with Crippen LogP contribution >= 0.6 is 0 Å². The van der Waals surface area contributed by atoms with E-state index in [4.69, 9.17) is 14.3 Å². The Bertz CT molecular complexity index is 694. The van der Waals surface area contributed by atoms with Gasteiger partial charge in [0.15, 0.2) is 5.76 Å². The molecule has 1 aliphatic heterocycles. The van der Waals surface area contributed by atoms with Crippen molar-refractivity contribution in [2.24, 2.45) is 5.92 Å². The van der Waals surface area contributed by atoms with E-state index in [0.29, 0.717) is 13.2 Å². The number of carbonyl (C=O) groups excluding carboxylic acids is 1. The lowest BCUT2D eigenvalue weighted by Gasteiger charge is -2.19. The van der Waals surface area contributed by atoms with Crippen LogP contribution in [0.3, 0.4) is 0 Å². The number of ether oxygens (including phenoxy) is 1. The van der Waals surface area contributed by atoms with Gasteiger partial charge in [0.2, 0.25) is 5.76 Å². The lowest BCUT2D eigenvalue weighted by Crippen LogP contribution is -2.30. The number of amides is 1. The molecule has 0 spiro atoms. The van der Waals surface area contributed by atoms with Gasteiger partial charge in [0.1, 0.15) is 0 Å². The van der Waals surface area contributed by atoms with Crippen molar-refractivity contribution in [2.75, 3.05) is 13.2 Å². The highest BCUT2D eigenvalue weighted by Gasteiger charge is 2.30. The first-order valence-electron chi connectivity index (χ1n) is 7.43. The van der Waals surface area contributed by atoms with E-state index in [2.05, 4.69) is 5.32 Å². The molecule has 2 aromatic rings. The summed E-state index contributed by atoms with van der Waals surface area (Å²) in [5, 5.41) is 11.6. The van der Waals surface area contributed by atoms with Crippen molar-refractivity contribution in [3.05, 3.63) is 59.5 Å². The summed E-state index contributed by atoms with van der Waals surface area (Å²) >= 11 is 0. The molecule has 23 heavy (non-hydrogen) atoms. The van der Waals surface area contributed by atoms with Crippen LogP contribution < -0.4 is 5.32 Å². The molecule has 1 fully saturated rings. The minimum Gasteiger partial charge on any atom is -0.475 e. The second kappa shape index (κ2) is 6.66. The number of furan rings is 1. The Labute approximate surface area is 133 Å². The van der Waals surface area contributed by atoms with Crippen molar-refractivity contribution < 1.29 is 23.8 Å². The van der Waals surface area contributed by atoms with Crippen LogP contribution in [-0.4, -0.2) is 30.1 Å². The molecule has 1 aromatic carbocycles. The van der Waals surface area contributed by atoms with Gasteiger partial charge in [-0.15, -0.1) is 0 Å². The number of carboxylic acids is 1. The molecule has 2 atom stereocenters. The first-order valence-corrected chi connectivity index (χ1v) is 7.43. The maximum atomic E-state index is 12.0. The fraction of sp³-hybridized carbons (Fsp3) is 0.294. The smallest absolute Gasteiger partial charge is 0.371 e. The highest BCUT2D eigenvalue weighted by Crippen LogP contribution is 2.33. The zero-order valence-corrected chi connectivity index (χ0v) is 12.4. The molecule has 0 radical (unpaired) electrons. The average molecular weight is 315 g/mol. The van der Waals surface area contributed by atoms with Crippen molar-refractivity contribution in [3.8, 4) is 0 Å². The molecular formula is C17H17NO5. The fourth-order valence-corrected chi connectivity index (χ4v) is 2.74. The van der Waals surface area contributed by atoms with Gasteiger partial charge in [0.25, 0.3) is 5.91 Å². The summed E-state index contributed by atoms with van der Waals surface area (Å²) in [5.74, 6) is -1.69. The molecule has 0 bridgehead atoms. The first kappa shape index (κ1) is 15.3. The third-order valence-corrected chi connectivity index (χ3v) is 3.91. The van der Waals surface area contributed by atoms with Crippen LogP contribution in [0.5, 0.6) is 0 Å². The number of benzene rings is 1. The van der Waals surface area contributed by atoms with Crippen molar-refractivity contribution in [3.63, 3.8) is 0 Å². The third kappa shape index (κ3) is 3.43. The normalized spacial score (nSPS) is 20.3. The van der Waals surface area contributed by atoms with E-state index in [9.17, 15) is 9.59 Å². The average Bonchev–Trinajstić information content (AvgIpc) is 3.22. The predicted octanol–water partition coefficient (Wildman–Crippen LogP) is 2.49. The monoisotopic (exact) mass is 315 g/mol. The molecule has 2 heterocycles. The van der Waals surface area contributed by atoms with Crippen molar-refractivity contribution >= 4 is 11.9 Å². The fourth-order valence-electron chi connectivity index (χ4n) is 2.74. The second-order valence-corrected chi connectivity index (χ2v) is 5.43. The minimum atomic E-state index is -1.20. The van der Waals surface area contributed by atoms with Gasteiger partial charge >= 0.3 is 5.97 Å². The molecule has 2 N–H and O–H groups in total. The number of hydrogen-bond acceptors (Lipinski definition) is 4. The number of nitrogens with one attached hydrogen (secondary N) is 1. The molecule has 0 unspecified atom stereocenters. The topological polar surface area (TPSA) is 88.8 Å². The van der Waals surface area contributed by atoms with E-state index < -0.39 is 11.9 Å². The lowest BCUT2D eigenvalue weighted by atomic mass is 9.95. The van der Waals surface area contributed by atoms with Gasteiger partial charge in [-0.25, -0.2) is 4.79 Å². The van der Waals surface area contributed by atoms with Crippen LogP contribution in [0.2, 0.25) is 0 Å². The molecular weight excluding hydrogens is 298 g/mol. The van der Waals surface area contributed by atoms with Crippen LogP contribution in [-0.2, 0) is 4.74 Å². The van der Waals surface area contributed by atoms with Gasteiger partial charge in [-0.1, -0.05) is 30.3 Å². The standard InChI is InChI=1S/C17H17NO5/c19-16(13-6-7-14(23-13)17(20)21)18-10-12-8-9-22-15(12)11-4-2-1-3-5-11/h1-7,12,15H,8-10H2,(H,18,19)(H,20,21)/t12-,15-/m1/s1. The van der Waals surface area contributed by atoms with Crippen molar-refractivity contribution in [2.45, 2.75) is 12.5 Å². The molecule has 0 saturated carbocycles. The van der Waals surface area contributed by atoms with Gasteiger partial charge in [-0.2, -0.15) is 0 Å². The predicted molar refractivity (Wildman–Crippen MR) is 81.2 cm³/mol. The zero-order valence-electron chi connectivity index (χ0n) is 12.4. The van der Waals surface area contributed by atoms with E-state index in [-0.39, 0.29) is 23.5 Å². The summed E-state index contributed by atoms with van der Waals surface area (Å²) < 4.78 is 10.8. The van der Waals surface area contributed by atoms with Crippen LogP contribution in [0.15, 0.2) is 46.9 Å². The summed E-state index contributed by atoms with van der Waals surface area (Å²) in [6.07, 6.45) is 0.820. The Kier molecular flexibility index (Phi) is 4.43. The zero-order chi connectivity index (χ0) is 16.2. The Balaban J connectivity index is 1.60. The van der Waals surface area contributed by atoms with Crippen molar-refractivity contribution in [1.82, 2.24) is 5.32 Å². The van der Waals surface area contributed by atoms with Gasteiger partial charge in [-0.3, -0.25) is 4.79 Å².